The van der Waals surface area contributed by atoms with Crippen molar-refractivity contribution in [1.29, 1.82) is 0 Å². The molecule has 0 aliphatic heterocycles. The predicted octanol–water partition coefficient (Wildman–Crippen LogP) is 3.37. The fourth-order valence-corrected chi connectivity index (χ4v) is 3.55. The quantitative estimate of drug-likeness (QED) is 0.555. The number of benzene rings is 2. The molecule has 7 heteroatoms. The lowest BCUT2D eigenvalue weighted by Gasteiger charge is -2.17. The van der Waals surface area contributed by atoms with Crippen LogP contribution < -0.4 is 15.6 Å². The van der Waals surface area contributed by atoms with Crippen molar-refractivity contribution >= 4 is 16.8 Å². The number of carbonyl (C=O) groups excluding carboxylic acids is 1. The van der Waals surface area contributed by atoms with Gasteiger partial charge >= 0.3 is 0 Å². The Labute approximate surface area is 187 Å². The van der Waals surface area contributed by atoms with Gasteiger partial charge in [-0.05, 0) is 55.4 Å². The van der Waals surface area contributed by atoms with E-state index in [1.807, 2.05) is 38.9 Å². The summed E-state index contributed by atoms with van der Waals surface area (Å²) in [4.78, 5) is 27.0. The molecule has 0 fully saturated rings. The minimum absolute atomic E-state index is 0.114. The van der Waals surface area contributed by atoms with Crippen LogP contribution in [-0.4, -0.2) is 49.2 Å². The first-order valence-corrected chi connectivity index (χ1v) is 10.7. The number of amides is 1. The minimum atomic E-state index is -0.344. The fourth-order valence-electron chi connectivity index (χ4n) is 3.55. The molecule has 0 spiro atoms. The van der Waals surface area contributed by atoms with Crippen molar-refractivity contribution in [3.8, 4) is 5.75 Å². The molecule has 6 nitrogen and oxygen atoms in total. The number of fused-ring (bicyclic) bond motifs is 1. The maximum absolute atomic E-state index is 13.7. The lowest BCUT2D eigenvalue weighted by molar-refractivity contribution is -0.123. The smallest absolute Gasteiger partial charge is 0.257 e. The van der Waals surface area contributed by atoms with Gasteiger partial charge in [-0.15, -0.1) is 0 Å². The number of aromatic nitrogens is 1. The zero-order valence-electron chi connectivity index (χ0n) is 19.0. The third-order valence-corrected chi connectivity index (χ3v) is 5.22. The van der Waals surface area contributed by atoms with Crippen molar-refractivity contribution in [2.45, 2.75) is 26.3 Å². The zero-order chi connectivity index (χ0) is 23.3. The van der Waals surface area contributed by atoms with E-state index in [0.29, 0.717) is 23.4 Å². The van der Waals surface area contributed by atoms with Gasteiger partial charge in [0.15, 0.2) is 6.61 Å². The van der Waals surface area contributed by atoms with Crippen LogP contribution in [0.5, 0.6) is 5.75 Å². The molecule has 1 amide bonds. The molecule has 0 atom stereocenters. The number of nitrogens with one attached hydrogen (secondary N) is 1. The van der Waals surface area contributed by atoms with Crippen LogP contribution in [0.3, 0.4) is 0 Å². The maximum Gasteiger partial charge on any atom is 0.257 e. The number of carbonyl (C=O) groups is 1. The summed E-state index contributed by atoms with van der Waals surface area (Å²) in [5, 5.41) is 3.74. The van der Waals surface area contributed by atoms with Gasteiger partial charge in [-0.2, -0.15) is 0 Å². The molecular weight excluding hydrogens is 409 g/mol. The third-order valence-electron chi connectivity index (χ3n) is 5.22. The highest BCUT2D eigenvalue weighted by Gasteiger charge is 2.14. The van der Waals surface area contributed by atoms with Gasteiger partial charge in [0, 0.05) is 30.6 Å². The molecule has 0 bridgehead atoms. The monoisotopic (exact) mass is 439 g/mol. The second-order valence-electron chi connectivity index (χ2n) is 8.43. The summed E-state index contributed by atoms with van der Waals surface area (Å²) < 4.78 is 21.0. The van der Waals surface area contributed by atoms with Crippen LogP contribution in [0.2, 0.25) is 0 Å². The zero-order valence-corrected chi connectivity index (χ0v) is 19.0. The van der Waals surface area contributed by atoms with Crippen molar-refractivity contribution in [2.75, 3.05) is 33.8 Å². The Hall–Kier alpha value is -3.19. The number of likely N-dealkylation sites (N-methyl/N-ethyl adjacent to an activating group) is 1. The van der Waals surface area contributed by atoms with Crippen molar-refractivity contribution in [3.63, 3.8) is 0 Å². The first-order valence-electron chi connectivity index (χ1n) is 10.7. The van der Waals surface area contributed by atoms with Crippen LogP contribution >= 0.6 is 0 Å². The summed E-state index contributed by atoms with van der Waals surface area (Å²) in [7, 11) is 3.87. The van der Waals surface area contributed by atoms with E-state index in [1.165, 1.54) is 12.1 Å². The normalized spacial score (nSPS) is 11.3. The highest BCUT2D eigenvalue weighted by atomic mass is 19.1. The number of nitrogens with zero attached hydrogens (tertiary/aromatic N) is 2. The van der Waals surface area contributed by atoms with Gasteiger partial charge in [-0.1, -0.05) is 26.0 Å². The van der Waals surface area contributed by atoms with Gasteiger partial charge in [0.2, 0.25) is 0 Å². The van der Waals surface area contributed by atoms with Gasteiger partial charge in [0.25, 0.3) is 11.5 Å². The average molecular weight is 440 g/mol. The molecule has 0 aliphatic carbocycles. The van der Waals surface area contributed by atoms with Crippen LogP contribution in [0.25, 0.3) is 10.9 Å². The van der Waals surface area contributed by atoms with E-state index in [9.17, 15) is 14.0 Å². The molecule has 1 heterocycles. The van der Waals surface area contributed by atoms with E-state index in [1.54, 1.807) is 34.9 Å². The summed E-state index contributed by atoms with van der Waals surface area (Å²) in [6.45, 7) is 5.47. The van der Waals surface area contributed by atoms with Gasteiger partial charge < -0.3 is 19.5 Å². The molecule has 3 rings (SSSR count). The summed E-state index contributed by atoms with van der Waals surface area (Å²) in [6, 6.07) is 13.3. The standard InChI is InChI=1S/C25H30FN3O3/c1-17(2)22-14-25(31)29(15-18-6-5-7-19(26)12-18)23-13-20(8-9-21(22)23)32-16-24(30)27-10-11-28(3)4/h5-9,12-14,17H,10-11,15-16H2,1-4H3,(H,27,30). The van der Waals surface area contributed by atoms with Gasteiger partial charge in [0.1, 0.15) is 11.6 Å². The maximum atomic E-state index is 13.7. The van der Waals surface area contributed by atoms with Gasteiger partial charge in [-0.3, -0.25) is 9.59 Å². The molecule has 0 radical (unpaired) electrons. The van der Waals surface area contributed by atoms with Crippen molar-refractivity contribution in [2.24, 2.45) is 0 Å². The lowest BCUT2D eigenvalue weighted by Crippen LogP contribution is -2.34. The molecular formula is C25H30FN3O3. The first-order chi connectivity index (χ1) is 15.2. The number of hydrogen-bond acceptors (Lipinski definition) is 4. The van der Waals surface area contributed by atoms with Crippen molar-refractivity contribution in [1.82, 2.24) is 14.8 Å². The van der Waals surface area contributed by atoms with Crippen LogP contribution in [0.1, 0.15) is 30.9 Å². The van der Waals surface area contributed by atoms with Gasteiger partial charge in [0.05, 0.1) is 12.1 Å². The Morgan fingerprint density at radius 3 is 2.62 bits per heavy atom. The van der Waals surface area contributed by atoms with Crippen molar-refractivity contribution in [3.05, 3.63) is 75.8 Å². The highest BCUT2D eigenvalue weighted by Crippen LogP contribution is 2.27. The molecule has 2 aromatic carbocycles. The predicted molar refractivity (Wildman–Crippen MR) is 125 cm³/mol. The second-order valence-corrected chi connectivity index (χ2v) is 8.43. The van der Waals surface area contributed by atoms with E-state index >= 15 is 0 Å². The first kappa shape index (κ1) is 23.5. The van der Waals surface area contributed by atoms with Crippen LogP contribution in [0.4, 0.5) is 4.39 Å². The van der Waals surface area contributed by atoms with E-state index < -0.39 is 0 Å². The molecule has 0 unspecified atom stereocenters. The minimum Gasteiger partial charge on any atom is -0.484 e. The molecule has 170 valence electrons. The summed E-state index contributed by atoms with van der Waals surface area (Å²) >= 11 is 0. The van der Waals surface area contributed by atoms with Crippen LogP contribution in [0, 0.1) is 5.82 Å². The van der Waals surface area contributed by atoms with Gasteiger partial charge in [-0.25, -0.2) is 4.39 Å². The topological polar surface area (TPSA) is 63.6 Å². The largest absolute Gasteiger partial charge is 0.484 e. The summed E-state index contributed by atoms with van der Waals surface area (Å²) in [5.41, 5.74) is 2.16. The van der Waals surface area contributed by atoms with E-state index in [0.717, 1.165) is 17.5 Å². The Morgan fingerprint density at radius 2 is 1.94 bits per heavy atom. The number of hydrogen-bond donors (Lipinski definition) is 1. The summed E-state index contributed by atoms with van der Waals surface area (Å²) in [5.74, 6) is 0.0970. The Balaban J connectivity index is 1.91. The van der Waals surface area contributed by atoms with E-state index in [4.69, 9.17) is 4.74 Å². The number of ether oxygens (including phenoxy) is 1. The number of halogens is 1. The molecule has 3 aromatic rings. The van der Waals surface area contributed by atoms with E-state index in [2.05, 4.69) is 5.32 Å². The highest BCUT2D eigenvalue weighted by molar-refractivity contribution is 5.85. The van der Waals surface area contributed by atoms with Crippen LogP contribution in [0.15, 0.2) is 53.3 Å². The Bertz CT molecular complexity index is 1150. The average Bonchev–Trinajstić information content (AvgIpc) is 2.73. The summed E-state index contributed by atoms with van der Waals surface area (Å²) in [6.07, 6.45) is 0. The SMILES string of the molecule is CC(C)c1cc(=O)n(Cc2cccc(F)c2)c2cc(OCC(=O)NCCN(C)C)ccc12. The molecule has 1 N–H and O–H groups in total. The number of rotatable bonds is 9. The molecule has 32 heavy (non-hydrogen) atoms. The molecule has 0 saturated carbocycles. The Kier molecular flexibility index (Phi) is 7.64. The fraction of sp³-hybridized carbons (Fsp3) is 0.360. The molecule has 0 aliphatic rings. The Morgan fingerprint density at radius 1 is 1.16 bits per heavy atom. The molecule has 0 saturated heterocycles. The lowest BCUT2D eigenvalue weighted by atomic mass is 9.98. The van der Waals surface area contributed by atoms with Crippen molar-refractivity contribution < 1.29 is 13.9 Å². The molecule has 1 aromatic heterocycles. The van der Waals surface area contributed by atoms with E-state index in [-0.39, 0.29) is 36.4 Å². The number of pyridine rings is 1. The second kappa shape index (κ2) is 10.4. The third kappa shape index (κ3) is 5.95. The van der Waals surface area contributed by atoms with Crippen LogP contribution in [-0.2, 0) is 11.3 Å².